The van der Waals surface area contributed by atoms with Gasteiger partial charge in [-0.15, -0.1) is 0 Å². The molecule has 0 aliphatic rings. The Hall–Kier alpha value is -0.715. The fraction of sp³-hybridized carbons (Fsp3) is 0.571. The molecule has 1 aromatic rings. The van der Waals surface area contributed by atoms with Crippen molar-refractivity contribution in [2.24, 2.45) is 0 Å². The second kappa shape index (κ2) is 5.39. The van der Waals surface area contributed by atoms with Gasteiger partial charge < -0.3 is 0 Å². The van der Waals surface area contributed by atoms with Gasteiger partial charge in [0, 0.05) is 0 Å². The summed E-state index contributed by atoms with van der Waals surface area (Å²) in [6, 6.07) is 8.96. The summed E-state index contributed by atoms with van der Waals surface area (Å²) >= 11 is 0. The first-order valence-corrected chi connectivity index (χ1v) is 5.98. The van der Waals surface area contributed by atoms with Gasteiger partial charge in [0.05, 0.1) is 0 Å². The zero-order chi connectivity index (χ0) is 11.3. The Morgan fingerprint density at radius 1 is 1.07 bits per heavy atom. The van der Waals surface area contributed by atoms with Gasteiger partial charge in [0.1, 0.15) is 0 Å². The van der Waals surface area contributed by atoms with Gasteiger partial charge >= 0.3 is 0 Å². The van der Waals surface area contributed by atoms with E-state index in [2.05, 4.69) is 59.2 Å². The third-order valence-corrected chi connectivity index (χ3v) is 2.71. The summed E-state index contributed by atoms with van der Waals surface area (Å²) in [6.07, 6.45) is 3.77. The summed E-state index contributed by atoms with van der Waals surface area (Å²) in [5.74, 6) is 0. The van der Waals surface area contributed by atoms with E-state index in [0.717, 1.165) is 0 Å². The van der Waals surface area contributed by atoms with E-state index in [9.17, 15) is 0 Å². The van der Waals surface area contributed by atoms with E-state index in [-0.39, 0.29) is 5.41 Å². The third kappa shape index (κ3) is 4.11. The molecule has 0 amide bonds. The Morgan fingerprint density at radius 2 is 1.67 bits per heavy atom. The van der Waals surface area contributed by atoms with E-state index < -0.39 is 0 Å². The van der Waals surface area contributed by atoms with Crippen LogP contribution >= 0.6 is 0 Å². The molecule has 0 aromatic heterocycles. The maximum absolute atomic E-state index is 2.33. The second-order valence-electron chi connectivity index (χ2n) is 5.22. The van der Waals surface area contributed by atoms with Crippen molar-refractivity contribution in [3.63, 3.8) is 0 Å². The van der Waals surface area contributed by atoms with Crippen LogP contribution in [0.5, 0.6) is 0 Å². The van der Waals surface area contributed by atoms with Crippen LogP contribution in [0.1, 0.15) is 46.1 Å². The molecule has 1 heteroatoms. The van der Waals surface area contributed by atoms with Crippen LogP contribution in [0.25, 0.3) is 0 Å². The predicted octanol–water partition coefficient (Wildman–Crippen LogP) is 3.53. The molecule has 15 heavy (non-hydrogen) atoms. The molecule has 0 atom stereocenters. The van der Waals surface area contributed by atoms with Gasteiger partial charge in [-0.1, -0.05) is 76.6 Å². The maximum atomic E-state index is 2.33. The average Bonchev–Trinajstić information content (AvgIpc) is 2.18. The van der Waals surface area contributed by atoms with E-state index >= 15 is 0 Å². The lowest BCUT2D eigenvalue weighted by Crippen LogP contribution is -2.16. The van der Waals surface area contributed by atoms with Gasteiger partial charge in [0.2, 0.25) is 0 Å². The van der Waals surface area contributed by atoms with Crippen molar-refractivity contribution in [3.8, 4) is 0 Å². The first kappa shape index (κ1) is 12.4. The highest BCUT2D eigenvalue weighted by Crippen LogP contribution is 2.20. The van der Waals surface area contributed by atoms with E-state index in [4.69, 9.17) is 0 Å². The zero-order valence-corrected chi connectivity index (χ0v) is 10.5. The van der Waals surface area contributed by atoms with Crippen molar-refractivity contribution in [1.29, 1.82) is 0 Å². The van der Waals surface area contributed by atoms with E-state index in [1.54, 1.807) is 0 Å². The van der Waals surface area contributed by atoms with Gasteiger partial charge in [0.25, 0.3) is 0 Å². The molecule has 0 saturated carbocycles. The van der Waals surface area contributed by atoms with E-state index in [1.807, 2.05) is 0 Å². The molecule has 1 radical (unpaired) electrons. The fourth-order valence-corrected chi connectivity index (χ4v) is 1.59. The van der Waals surface area contributed by atoms with Crippen LogP contribution in [0.15, 0.2) is 24.3 Å². The molecular formula is C14H22B. The van der Waals surface area contributed by atoms with Gasteiger partial charge in [-0.3, -0.25) is 0 Å². The normalized spacial score (nSPS) is 11.5. The lowest BCUT2D eigenvalue weighted by Gasteiger charge is -2.19. The summed E-state index contributed by atoms with van der Waals surface area (Å²) < 4.78 is 0. The zero-order valence-electron chi connectivity index (χ0n) is 10.5. The Labute approximate surface area is 95.3 Å². The smallest absolute Gasteiger partial charge is 0.0878 e. The molecule has 1 rings (SSSR count). The first-order valence-electron chi connectivity index (χ1n) is 5.98. The van der Waals surface area contributed by atoms with E-state index in [1.165, 1.54) is 30.2 Å². The Kier molecular flexibility index (Phi) is 4.44. The summed E-state index contributed by atoms with van der Waals surface area (Å²) in [7, 11) is 2.33. The molecule has 0 N–H and O–H groups in total. The molecule has 0 bridgehead atoms. The minimum atomic E-state index is 0.266. The number of unbranched alkanes of at least 4 members (excludes halogenated alkanes) is 1. The summed E-state index contributed by atoms with van der Waals surface area (Å²) in [5.41, 5.74) is 3.04. The van der Waals surface area contributed by atoms with Gasteiger partial charge in [-0.2, -0.15) is 0 Å². The third-order valence-electron chi connectivity index (χ3n) is 2.71. The SMILES string of the molecule is CCCC[B]c1ccc(C(C)(C)C)cc1. The second-order valence-corrected chi connectivity index (χ2v) is 5.22. The molecule has 0 fully saturated rings. The lowest BCUT2D eigenvalue weighted by molar-refractivity contribution is 0.590. The summed E-state index contributed by atoms with van der Waals surface area (Å²) in [6.45, 7) is 8.99. The van der Waals surface area contributed by atoms with Crippen LogP contribution < -0.4 is 5.46 Å². The first-order chi connectivity index (χ1) is 7.04. The van der Waals surface area contributed by atoms with Crippen LogP contribution in [0, 0.1) is 0 Å². The van der Waals surface area contributed by atoms with Crippen molar-refractivity contribution >= 4 is 12.7 Å². The largest absolute Gasteiger partial charge is 0.151 e. The molecule has 0 aliphatic carbocycles. The van der Waals surface area contributed by atoms with Gasteiger partial charge in [0.15, 0.2) is 7.28 Å². The molecule has 0 aliphatic heterocycles. The van der Waals surface area contributed by atoms with Crippen molar-refractivity contribution in [1.82, 2.24) is 0 Å². The van der Waals surface area contributed by atoms with Crippen LogP contribution in [-0.2, 0) is 5.41 Å². The quantitative estimate of drug-likeness (QED) is 0.516. The van der Waals surface area contributed by atoms with E-state index in [0.29, 0.717) is 0 Å². The molecule has 0 spiro atoms. The Balaban J connectivity index is 2.57. The van der Waals surface area contributed by atoms with Crippen LogP contribution in [0.2, 0.25) is 6.32 Å². The molecule has 81 valence electrons. The highest BCUT2D eigenvalue weighted by Gasteiger charge is 2.12. The molecule has 0 saturated heterocycles. The molecule has 0 unspecified atom stereocenters. The minimum absolute atomic E-state index is 0.266. The molecule has 1 aromatic carbocycles. The molecule has 0 heterocycles. The van der Waals surface area contributed by atoms with Gasteiger partial charge in [-0.05, 0) is 11.0 Å². The Bertz CT molecular complexity index is 279. The number of rotatable bonds is 4. The van der Waals surface area contributed by atoms with Crippen LogP contribution in [-0.4, -0.2) is 7.28 Å². The highest BCUT2D eigenvalue weighted by atomic mass is 14.2. The predicted molar refractivity (Wildman–Crippen MR) is 70.2 cm³/mol. The van der Waals surface area contributed by atoms with Gasteiger partial charge in [-0.25, -0.2) is 0 Å². The summed E-state index contributed by atoms with van der Waals surface area (Å²) in [5, 5.41) is 0. The number of hydrogen-bond acceptors (Lipinski definition) is 0. The standard InChI is InChI=1S/C14H22B/c1-5-6-11-15-13-9-7-12(8-10-13)14(2,3)4/h7-10H,5-6,11H2,1-4H3. The number of hydrogen-bond donors (Lipinski definition) is 0. The molecule has 0 nitrogen and oxygen atoms in total. The monoisotopic (exact) mass is 201 g/mol. The molecular weight excluding hydrogens is 179 g/mol. The fourth-order valence-electron chi connectivity index (χ4n) is 1.59. The van der Waals surface area contributed by atoms with Crippen molar-refractivity contribution in [2.75, 3.05) is 0 Å². The van der Waals surface area contributed by atoms with Crippen molar-refractivity contribution < 1.29 is 0 Å². The van der Waals surface area contributed by atoms with Crippen molar-refractivity contribution in [2.45, 2.75) is 52.3 Å². The van der Waals surface area contributed by atoms with Crippen LogP contribution in [0.3, 0.4) is 0 Å². The maximum Gasteiger partial charge on any atom is 0.151 e. The Morgan fingerprint density at radius 3 is 2.13 bits per heavy atom. The minimum Gasteiger partial charge on any atom is -0.0878 e. The lowest BCUT2D eigenvalue weighted by atomic mass is 9.66. The summed E-state index contributed by atoms with van der Waals surface area (Å²) in [4.78, 5) is 0. The van der Waals surface area contributed by atoms with Crippen LogP contribution in [0.4, 0.5) is 0 Å². The highest BCUT2D eigenvalue weighted by molar-refractivity contribution is 6.53. The topological polar surface area (TPSA) is 0 Å². The number of benzene rings is 1. The average molecular weight is 201 g/mol. The van der Waals surface area contributed by atoms with Crippen molar-refractivity contribution in [3.05, 3.63) is 29.8 Å².